The average molecular weight is 393 g/mol. The third kappa shape index (κ3) is 4.63. The van der Waals surface area contributed by atoms with Crippen molar-refractivity contribution in [1.82, 2.24) is 0 Å². The molecular weight excluding hydrogens is 371 g/mol. The molecule has 0 N–H and O–H groups in total. The van der Waals surface area contributed by atoms with Gasteiger partial charge in [0.25, 0.3) is 0 Å². The molecule has 0 aliphatic carbocycles. The van der Waals surface area contributed by atoms with Crippen molar-refractivity contribution < 1.29 is 18.9 Å². The largest absolute Gasteiger partial charge is 0.460 e. The smallest absolute Gasteiger partial charge is 0.314 e. The molecule has 0 aliphatic rings. The number of hydrogen-bond donors (Lipinski definition) is 0. The summed E-state index contributed by atoms with van der Waals surface area (Å²) in [6.45, 7) is 6.89. The van der Waals surface area contributed by atoms with Gasteiger partial charge in [0.2, 0.25) is 5.52 Å². The fourth-order valence-electron chi connectivity index (χ4n) is 2.59. The van der Waals surface area contributed by atoms with E-state index in [-0.39, 0.29) is 10.6 Å². The summed E-state index contributed by atoms with van der Waals surface area (Å²) in [5, 5.41) is 0.533. The number of halogens is 1. The second-order valence-corrected chi connectivity index (χ2v) is 10.2. The number of aryl methyl sites for hydroxylation is 1. The summed E-state index contributed by atoms with van der Waals surface area (Å²) in [6, 6.07) is 13.3. The fourth-order valence-corrected chi connectivity index (χ4v) is 5.26. The predicted octanol–water partition coefficient (Wildman–Crippen LogP) is 4.82. The number of rotatable bonds is 5. The molecule has 2 rings (SSSR count). The SMILES string of the molecule is Cc1cccc(Cl)c1C(=O)P(=O)(CC(=O)OC(C)(C)C)c1ccccc1. The van der Waals surface area contributed by atoms with Gasteiger partial charge < -0.3 is 9.30 Å². The first kappa shape index (κ1) is 20.4. The minimum atomic E-state index is -3.78. The van der Waals surface area contributed by atoms with E-state index in [1.165, 1.54) is 0 Å². The average Bonchev–Trinajstić information content (AvgIpc) is 2.53. The van der Waals surface area contributed by atoms with E-state index in [1.54, 1.807) is 76.2 Å². The van der Waals surface area contributed by atoms with Gasteiger partial charge in [0.1, 0.15) is 11.8 Å². The van der Waals surface area contributed by atoms with Crippen LogP contribution in [0.4, 0.5) is 0 Å². The Kier molecular flexibility index (Phi) is 6.10. The number of hydrogen-bond acceptors (Lipinski definition) is 4. The summed E-state index contributed by atoms with van der Waals surface area (Å²) in [7, 11) is -3.78. The molecule has 1 atom stereocenters. The molecule has 6 heteroatoms. The van der Waals surface area contributed by atoms with Gasteiger partial charge in [-0.15, -0.1) is 0 Å². The Morgan fingerprint density at radius 1 is 1.04 bits per heavy atom. The van der Waals surface area contributed by atoms with Crippen molar-refractivity contribution >= 4 is 35.5 Å². The molecule has 1 unspecified atom stereocenters. The number of ether oxygens (including phenoxy) is 1. The Labute approximate surface area is 158 Å². The van der Waals surface area contributed by atoms with Crippen LogP contribution in [0.15, 0.2) is 48.5 Å². The van der Waals surface area contributed by atoms with E-state index >= 15 is 0 Å². The molecule has 0 spiro atoms. The van der Waals surface area contributed by atoms with Crippen LogP contribution < -0.4 is 5.30 Å². The van der Waals surface area contributed by atoms with E-state index in [9.17, 15) is 14.2 Å². The first-order valence-corrected chi connectivity index (χ1v) is 10.5. The van der Waals surface area contributed by atoms with Gasteiger partial charge in [-0.05, 0) is 39.3 Å². The van der Waals surface area contributed by atoms with Crippen molar-refractivity contribution in [2.75, 3.05) is 6.16 Å². The predicted molar refractivity (Wildman–Crippen MR) is 105 cm³/mol. The Bertz CT molecular complexity index is 849. The lowest BCUT2D eigenvalue weighted by Crippen LogP contribution is -2.29. The minimum Gasteiger partial charge on any atom is -0.460 e. The van der Waals surface area contributed by atoms with E-state index in [1.807, 2.05) is 0 Å². The van der Waals surface area contributed by atoms with Gasteiger partial charge in [0.05, 0.1) is 5.02 Å². The molecule has 0 amide bonds. The maximum absolute atomic E-state index is 13.8. The van der Waals surface area contributed by atoms with Crippen LogP contribution in [0.5, 0.6) is 0 Å². The van der Waals surface area contributed by atoms with Gasteiger partial charge in [-0.1, -0.05) is 54.1 Å². The molecule has 0 saturated carbocycles. The quantitative estimate of drug-likeness (QED) is 0.540. The Morgan fingerprint density at radius 2 is 1.65 bits per heavy atom. The number of benzene rings is 2. The van der Waals surface area contributed by atoms with Gasteiger partial charge in [-0.2, -0.15) is 0 Å². The molecule has 0 radical (unpaired) electrons. The summed E-state index contributed by atoms with van der Waals surface area (Å²) in [6.07, 6.45) is -0.502. The third-order valence-corrected chi connectivity index (χ3v) is 6.74. The number of esters is 1. The highest BCUT2D eigenvalue weighted by atomic mass is 35.5. The molecule has 0 aromatic heterocycles. The molecule has 0 heterocycles. The molecule has 26 heavy (non-hydrogen) atoms. The zero-order valence-electron chi connectivity index (χ0n) is 15.3. The van der Waals surface area contributed by atoms with E-state index < -0.39 is 30.4 Å². The van der Waals surface area contributed by atoms with Crippen molar-refractivity contribution in [2.24, 2.45) is 0 Å². The number of carbonyl (C=O) groups is 2. The van der Waals surface area contributed by atoms with Crippen LogP contribution in [0, 0.1) is 6.92 Å². The molecule has 0 aliphatic heterocycles. The van der Waals surface area contributed by atoms with Crippen LogP contribution in [0.2, 0.25) is 5.02 Å². The lowest BCUT2D eigenvalue weighted by molar-refractivity contribution is -0.151. The highest BCUT2D eigenvalue weighted by molar-refractivity contribution is 7.88. The minimum absolute atomic E-state index is 0.185. The first-order chi connectivity index (χ1) is 12.0. The van der Waals surface area contributed by atoms with Crippen LogP contribution >= 0.6 is 18.7 Å². The van der Waals surface area contributed by atoms with Gasteiger partial charge in [0.15, 0.2) is 7.14 Å². The van der Waals surface area contributed by atoms with Crippen LogP contribution in [0.3, 0.4) is 0 Å². The molecule has 2 aromatic rings. The van der Waals surface area contributed by atoms with Crippen LogP contribution in [-0.4, -0.2) is 23.3 Å². The van der Waals surface area contributed by atoms with Crippen molar-refractivity contribution in [3.05, 3.63) is 64.7 Å². The summed E-state index contributed by atoms with van der Waals surface area (Å²) in [5.74, 6) is -0.678. The third-order valence-electron chi connectivity index (χ3n) is 3.71. The highest BCUT2D eigenvalue weighted by Crippen LogP contribution is 2.49. The summed E-state index contributed by atoms with van der Waals surface area (Å²) >= 11 is 6.20. The van der Waals surface area contributed by atoms with E-state index in [4.69, 9.17) is 16.3 Å². The zero-order valence-corrected chi connectivity index (χ0v) is 16.9. The monoisotopic (exact) mass is 392 g/mol. The van der Waals surface area contributed by atoms with Crippen molar-refractivity contribution in [3.63, 3.8) is 0 Å². The molecule has 2 aromatic carbocycles. The highest BCUT2D eigenvalue weighted by Gasteiger charge is 2.39. The van der Waals surface area contributed by atoms with Crippen LogP contribution in [-0.2, 0) is 14.1 Å². The first-order valence-electron chi connectivity index (χ1n) is 8.21. The lowest BCUT2D eigenvalue weighted by Gasteiger charge is -2.23. The second-order valence-electron chi connectivity index (χ2n) is 7.06. The van der Waals surface area contributed by atoms with E-state index in [0.29, 0.717) is 10.9 Å². The van der Waals surface area contributed by atoms with Gasteiger partial charge in [-0.25, -0.2) is 0 Å². The maximum atomic E-state index is 13.8. The fraction of sp³-hybridized carbons (Fsp3) is 0.300. The van der Waals surface area contributed by atoms with Gasteiger partial charge >= 0.3 is 5.97 Å². The summed E-state index contributed by atoms with van der Waals surface area (Å²) in [5.41, 5.74) is -0.562. The number of carbonyl (C=O) groups excluding carboxylic acids is 2. The van der Waals surface area contributed by atoms with Crippen LogP contribution in [0.1, 0.15) is 36.7 Å². The molecule has 138 valence electrons. The van der Waals surface area contributed by atoms with Crippen molar-refractivity contribution in [3.8, 4) is 0 Å². The molecule has 0 bridgehead atoms. The summed E-state index contributed by atoms with van der Waals surface area (Å²) < 4.78 is 19.1. The normalized spacial score (nSPS) is 13.7. The molecule has 0 fully saturated rings. The maximum Gasteiger partial charge on any atom is 0.314 e. The molecule has 4 nitrogen and oxygen atoms in total. The van der Waals surface area contributed by atoms with Crippen molar-refractivity contribution in [2.45, 2.75) is 33.3 Å². The Morgan fingerprint density at radius 3 is 2.19 bits per heavy atom. The van der Waals surface area contributed by atoms with Gasteiger partial charge in [-0.3, -0.25) is 9.59 Å². The lowest BCUT2D eigenvalue weighted by atomic mass is 10.1. The van der Waals surface area contributed by atoms with Crippen molar-refractivity contribution in [1.29, 1.82) is 0 Å². The Balaban J connectivity index is 2.53. The van der Waals surface area contributed by atoms with E-state index in [2.05, 4.69) is 0 Å². The molecule has 0 saturated heterocycles. The van der Waals surface area contributed by atoms with E-state index in [0.717, 1.165) is 0 Å². The summed E-state index contributed by atoms with van der Waals surface area (Å²) in [4.78, 5) is 25.6. The second kappa shape index (κ2) is 7.77. The zero-order chi connectivity index (χ0) is 19.5. The standard InChI is InChI=1S/C20H22ClO4P/c1-14-9-8-12-16(21)18(14)19(23)26(24,15-10-6-5-7-11-15)13-17(22)25-20(2,3)4/h5-12H,13H2,1-4H3. The topological polar surface area (TPSA) is 60.4 Å². The van der Waals surface area contributed by atoms with Crippen LogP contribution in [0.25, 0.3) is 0 Å². The Hall–Kier alpha value is -1.90. The molecular formula is C20H22ClO4P. The van der Waals surface area contributed by atoms with Gasteiger partial charge in [0, 0.05) is 10.9 Å².